The van der Waals surface area contributed by atoms with E-state index < -0.39 is 5.82 Å². The van der Waals surface area contributed by atoms with Crippen LogP contribution in [-0.2, 0) is 6.54 Å². The molecule has 108 valence electrons. The monoisotopic (exact) mass is 287 g/mol. The first-order valence-corrected chi connectivity index (χ1v) is 6.82. The molecule has 0 saturated heterocycles. The lowest BCUT2D eigenvalue weighted by Crippen LogP contribution is -2.02. The Morgan fingerprint density at radius 2 is 2.00 bits per heavy atom. The van der Waals surface area contributed by atoms with Crippen molar-refractivity contribution in [1.82, 2.24) is 9.55 Å². The van der Waals surface area contributed by atoms with Crippen LogP contribution in [0.1, 0.15) is 13.3 Å². The van der Waals surface area contributed by atoms with Crippen molar-refractivity contribution in [3.63, 3.8) is 0 Å². The van der Waals surface area contributed by atoms with E-state index >= 15 is 0 Å². The van der Waals surface area contributed by atoms with Gasteiger partial charge in [0.05, 0.1) is 5.52 Å². The summed E-state index contributed by atoms with van der Waals surface area (Å²) >= 11 is 0. The summed E-state index contributed by atoms with van der Waals surface area (Å²) in [6.07, 6.45) is 0.871. The van der Waals surface area contributed by atoms with Gasteiger partial charge in [-0.15, -0.1) is 0 Å². The van der Waals surface area contributed by atoms with Crippen LogP contribution in [0.5, 0.6) is 0 Å². The fraction of sp³-hybridized carbons (Fsp3) is 0.188. The number of nitrogens with two attached hydrogens (primary N) is 1. The molecule has 3 rings (SSSR count). The van der Waals surface area contributed by atoms with E-state index in [0.29, 0.717) is 29.1 Å². The van der Waals surface area contributed by atoms with E-state index in [2.05, 4.69) is 4.98 Å². The lowest BCUT2D eigenvalue weighted by Gasteiger charge is -2.09. The molecule has 0 radical (unpaired) electrons. The first-order valence-electron chi connectivity index (χ1n) is 6.82. The van der Waals surface area contributed by atoms with Crippen LogP contribution in [0.3, 0.4) is 0 Å². The summed E-state index contributed by atoms with van der Waals surface area (Å²) in [5.41, 5.74) is 7.83. The minimum Gasteiger partial charge on any atom is -0.398 e. The van der Waals surface area contributed by atoms with Gasteiger partial charge in [-0.2, -0.15) is 0 Å². The van der Waals surface area contributed by atoms with Crippen LogP contribution in [-0.4, -0.2) is 9.55 Å². The van der Waals surface area contributed by atoms with Crippen LogP contribution in [0.4, 0.5) is 14.5 Å². The average Bonchev–Trinajstić information content (AvgIpc) is 2.80. The van der Waals surface area contributed by atoms with E-state index in [4.69, 9.17) is 5.73 Å². The molecule has 0 aliphatic heterocycles. The predicted molar refractivity (Wildman–Crippen MR) is 79.8 cm³/mol. The van der Waals surface area contributed by atoms with E-state index in [-0.39, 0.29) is 5.82 Å². The molecule has 0 atom stereocenters. The highest BCUT2D eigenvalue weighted by Crippen LogP contribution is 2.30. The summed E-state index contributed by atoms with van der Waals surface area (Å²) in [4.78, 5) is 4.38. The van der Waals surface area contributed by atoms with Crippen LogP contribution in [0, 0.1) is 11.6 Å². The molecule has 0 spiro atoms. The van der Waals surface area contributed by atoms with Crippen LogP contribution in [0.2, 0.25) is 0 Å². The fourth-order valence-corrected chi connectivity index (χ4v) is 2.51. The molecule has 0 fully saturated rings. The summed E-state index contributed by atoms with van der Waals surface area (Å²) < 4.78 is 29.1. The number of aromatic nitrogens is 2. The maximum atomic E-state index is 13.9. The van der Waals surface area contributed by atoms with Gasteiger partial charge in [-0.1, -0.05) is 13.0 Å². The van der Waals surface area contributed by atoms with Crippen molar-refractivity contribution in [3.8, 4) is 11.4 Å². The number of benzene rings is 2. The highest BCUT2D eigenvalue weighted by Gasteiger charge is 2.16. The van der Waals surface area contributed by atoms with E-state index in [1.54, 1.807) is 12.1 Å². The topological polar surface area (TPSA) is 43.8 Å². The molecule has 0 unspecified atom stereocenters. The number of hydrogen-bond acceptors (Lipinski definition) is 2. The molecule has 2 N–H and O–H groups in total. The number of imidazole rings is 1. The van der Waals surface area contributed by atoms with E-state index in [1.807, 2.05) is 17.6 Å². The smallest absolute Gasteiger partial charge is 0.151 e. The van der Waals surface area contributed by atoms with Gasteiger partial charge in [0.1, 0.15) is 17.2 Å². The summed E-state index contributed by atoms with van der Waals surface area (Å²) in [6, 6.07) is 9.02. The number of halogens is 2. The van der Waals surface area contributed by atoms with Gasteiger partial charge in [0.25, 0.3) is 0 Å². The molecule has 3 nitrogen and oxygen atoms in total. The van der Waals surface area contributed by atoms with Crippen molar-refractivity contribution >= 4 is 16.7 Å². The van der Waals surface area contributed by atoms with E-state index in [9.17, 15) is 8.78 Å². The van der Waals surface area contributed by atoms with Crippen LogP contribution >= 0.6 is 0 Å². The standard InChI is InChI=1S/C16H15F2N3/c1-2-8-21-14-5-3-4-12(18)15(14)20-16(21)11-7-6-10(17)9-13(11)19/h3-7,9H,2,8,19H2,1H3. The molecule has 3 aromatic rings. The number of aryl methyl sites for hydroxylation is 1. The minimum atomic E-state index is -0.402. The summed E-state index contributed by atoms with van der Waals surface area (Å²) in [7, 11) is 0. The zero-order valence-corrected chi connectivity index (χ0v) is 11.6. The Bertz CT molecular complexity index is 809. The summed E-state index contributed by atoms with van der Waals surface area (Å²) in [5, 5.41) is 0. The zero-order chi connectivity index (χ0) is 15.0. The lowest BCUT2D eigenvalue weighted by molar-refractivity contribution is 0.628. The number of hydrogen-bond donors (Lipinski definition) is 1. The number of rotatable bonds is 3. The van der Waals surface area contributed by atoms with Crippen molar-refractivity contribution in [2.75, 3.05) is 5.73 Å². The van der Waals surface area contributed by atoms with Crippen molar-refractivity contribution < 1.29 is 8.78 Å². The number of nitrogens with zero attached hydrogens (tertiary/aromatic N) is 2. The number of nitrogen functional groups attached to an aromatic ring is 1. The molecular weight excluding hydrogens is 272 g/mol. The zero-order valence-electron chi connectivity index (χ0n) is 11.6. The first kappa shape index (κ1) is 13.5. The van der Waals surface area contributed by atoms with Crippen molar-refractivity contribution in [1.29, 1.82) is 0 Å². The van der Waals surface area contributed by atoms with E-state index in [0.717, 1.165) is 11.9 Å². The third kappa shape index (κ3) is 2.24. The maximum Gasteiger partial charge on any atom is 0.151 e. The van der Waals surface area contributed by atoms with Crippen molar-refractivity contribution in [2.24, 2.45) is 0 Å². The molecule has 0 amide bonds. The SMILES string of the molecule is CCCn1c(-c2ccc(F)cc2N)nc2c(F)cccc21. The minimum absolute atomic E-state index is 0.295. The predicted octanol–water partition coefficient (Wildman–Crippen LogP) is 3.97. The molecule has 0 aliphatic rings. The second kappa shape index (κ2) is 5.16. The Morgan fingerprint density at radius 1 is 1.19 bits per heavy atom. The molecule has 21 heavy (non-hydrogen) atoms. The van der Waals surface area contributed by atoms with Gasteiger partial charge >= 0.3 is 0 Å². The Balaban J connectivity index is 2.30. The van der Waals surface area contributed by atoms with Crippen LogP contribution in [0.15, 0.2) is 36.4 Å². The van der Waals surface area contributed by atoms with Gasteiger partial charge < -0.3 is 10.3 Å². The van der Waals surface area contributed by atoms with Gasteiger partial charge in [-0.05, 0) is 36.8 Å². The second-order valence-electron chi connectivity index (χ2n) is 4.93. The Labute approximate surface area is 121 Å². The molecule has 0 saturated carbocycles. The molecule has 0 bridgehead atoms. The molecule has 1 heterocycles. The number of fused-ring (bicyclic) bond motifs is 1. The Morgan fingerprint density at radius 3 is 2.71 bits per heavy atom. The quantitative estimate of drug-likeness (QED) is 0.741. The largest absolute Gasteiger partial charge is 0.398 e. The van der Waals surface area contributed by atoms with Gasteiger partial charge in [0, 0.05) is 17.8 Å². The highest BCUT2D eigenvalue weighted by molar-refractivity contribution is 5.84. The molecule has 5 heteroatoms. The van der Waals surface area contributed by atoms with Gasteiger partial charge in [-0.25, -0.2) is 13.8 Å². The molecule has 1 aromatic heterocycles. The fourth-order valence-electron chi connectivity index (χ4n) is 2.51. The van der Waals surface area contributed by atoms with Gasteiger partial charge in [0.15, 0.2) is 5.82 Å². The van der Waals surface area contributed by atoms with Gasteiger partial charge in [0.2, 0.25) is 0 Å². The number of para-hydroxylation sites is 1. The molecule has 0 aliphatic carbocycles. The number of anilines is 1. The van der Waals surface area contributed by atoms with E-state index in [1.165, 1.54) is 18.2 Å². The molecular formula is C16H15F2N3. The summed E-state index contributed by atoms with van der Waals surface area (Å²) in [6.45, 7) is 2.72. The lowest BCUT2D eigenvalue weighted by atomic mass is 10.1. The molecule has 2 aromatic carbocycles. The third-order valence-electron chi connectivity index (χ3n) is 3.43. The van der Waals surface area contributed by atoms with Crippen LogP contribution < -0.4 is 5.73 Å². The summed E-state index contributed by atoms with van der Waals surface area (Å²) in [5.74, 6) is -0.209. The highest BCUT2D eigenvalue weighted by atomic mass is 19.1. The van der Waals surface area contributed by atoms with Gasteiger partial charge in [-0.3, -0.25) is 0 Å². The van der Waals surface area contributed by atoms with Crippen molar-refractivity contribution in [3.05, 3.63) is 48.0 Å². The normalized spacial score (nSPS) is 11.2. The first-order chi connectivity index (χ1) is 10.1. The maximum absolute atomic E-state index is 13.9. The second-order valence-corrected chi connectivity index (χ2v) is 4.93. The van der Waals surface area contributed by atoms with Crippen LogP contribution in [0.25, 0.3) is 22.4 Å². The van der Waals surface area contributed by atoms with Crippen molar-refractivity contribution in [2.45, 2.75) is 19.9 Å². The Kier molecular flexibility index (Phi) is 3.33. The Hall–Kier alpha value is -2.43. The average molecular weight is 287 g/mol. The third-order valence-corrected chi connectivity index (χ3v) is 3.43.